The number of nitrogens with one attached hydrogen (secondary N) is 1. The van der Waals surface area contributed by atoms with Crippen LogP contribution in [0.4, 0.5) is 5.69 Å². The van der Waals surface area contributed by atoms with Gasteiger partial charge in [-0.15, -0.1) is 0 Å². The summed E-state index contributed by atoms with van der Waals surface area (Å²) in [5.74, 6) is 0.610. The summed E-state index contributed by atoms with van der Waals surface area (Å²) >= 11 is 0. The van der Waals surface area contributed by atoms with Crippen molar-refractivity contribution in [1.29, 1.82) is 0 Å². The monoisotopic (exact) mass is 377 g/mol. The van der Waals surface area contributed by atoms with Crippen LogP contribution in [-0.4, -0.2) is 22.8 Å². The zero-order valence-electron chi connectivity index (χ0n) is 17.1. The minimum atomic E-state index is -0.208. The minimum Gasteiger partial charge on any atom is -0.497 e. The Morgan fingerprint density at radius 3 is 2.29 bits per heavy atom. The summed E-state index contributed by atoms with van der Waals surface area (Å²) in [6.45, 7) is 9.05. The number of carbonyl (C=O) groups excluding carboxylic acids is 1. The molecule has 0 spiro atoms. The van der Waals surface area contributed by atoms with Crippen molar-refractivity contribution in [2.45, 2.75) is 39.7 Å². The molecule has 0 radical (unpaired) electrons. The van der Waals surface area contributed by atoms with Crippen molar-refractivity contribution in [1.82, 2.24) is 9.78 Å². The number of aromatic nitrogens is 2. The predicted octanol–water partition coefficient (Wildman–Crippen LogP) is 4.80. The quantitative estimate of drug-likeness (QED) is 0.695. The second-order valence-electron chi connectivity index (χ2n) is 7.96. The highest BCUT2D eigenvalue weighted by Gasteiger charge is 2.15. The lowest BCUT2D eigenvalue weighted by Gasteiger charge is -2.19. The molecular formula is C23H27N3O2. The lowest BCUT2D eigenvalue weighted by Crippen LogP contribution is -2.14. The fourth-order valence-electron chi connectivity index (χ4n) is 2.93. The van der Waals surface area contributed by atoms with E-state index in [1.54, 1.807) is 7.11 Å². The predicted molar refractivity (Wildman–Crippen MR) is 112 cm³/mol. The van der Waals surface area contributed by atoms with E-state index in [1.807, 2.05) is 66.2 Å². The Bertz CT molecular complexity index is 949. The maximum atomic E-state index is 12.6. The second kappa shape index (κ2) is 7.89. The Morgan fingerprint density at radius 1 is 1.07 bits per heavy atom. The highest BCUT2D eigenvalue weighted by molar-refractivity contribution is 6.02. The molecule has 0 bridgehead atoms. The SMILES string of the molecule is COc1ccc(Cn2nc(C(=O)Nc3ccc(C(C)(C)C)cc3)cc2C)cc1. The van der Waals surface area contributed by atoms with E-state index in [4.69, 9.17) is 4.74 Å². The van der Waals surface area contributed by atoms with Gasteiger partial charge in [0.25, 0.3) is 5.91 Å². The molecule has 3 aromatic rings. The number of carbonyl (C=O) groups is 1. The molecule has 0 atom stereocenters. The first-order valence-electron chi connectivity index (χ1n) is 9.35. The number of nitrogens with zero attached hydrogens (tertiary/aromatic N) is 2. The molecule has 3 rings (SSSR count). The van der Waals surface area contributed by atoms with E-state index in [-0.39, 0.29) is 11.3 Å². The fourth-order valence-corrected chi connectivity index (χ4v) is 2.93. The van der Waals surface area contributed by atoms with Gasteiger partial charge in [0.05, 0.1) is 13.7 Å². The van der Waals surface area contributed by atoms with Crippen LogP contribution in [0.2, 0.25) is 0 Å². The van der Waals surface area contributed by atoms with Crippen LogP contribution in [0.25, 0.3) is 0 Å². The van der Waals surface area contributed by atoms with Crippen molar-refractivity contribution in [3.05, 3.63) is 77.1 Å². The van der Waals surface area contributed by atoms with Crippen LogP contribution in [-0.2, 0) is 12.0 Å². The summed E-state index contributed by atoms with van der Waals surface area (Å²) in [7, 11) is 1.65. The van der Waals surface area contributed by atoms with Gasteiger partial charge in [-0.2, -0.15) is 5.10 Å². The lowest BCUT2D eigenvalue weighted by atomic mass is 9.87. The molecule has 5 nitrogen and oxygen atoms in total. The van der Waals surface area contributed by atoms with Crippen LogP contribution in [0.3, 0.4) is 0 Å². The van der Waals surface area contributed by atoms with E-state index in [1.165, 1.54) is 5.56 Å². The van der Waals surface area contributed by atoms with E-state index >= 15 is 0 Å². The van der Waals surface area contributed by atoms with Gasteiger partial charge in [-0.3, -0.25) is 9.48 Å². The van der Waals surface area contributed by atoms with Crippen molar-refractivity contribution in [3.63, 3.8) is 0 Å². The van der Waals surface area contributed by atoms with Crippen molar-refractivity contribution in [2.24, 2.45) is 0 Å². The van der Waals surface area contributed by atoms with Crippen LogP contribution in [0.1, 0.15) is 48.1 Å². The maximum Gasteiger partial charge on any atom is 0.276 e. The molecule has 1 amide bonds. The first-order valence-corrected chi connectivity index (χ1v) is 9.35. The number of ether oxygens (including phenoxy) is 1. The smallest absolute Gasteiger partial charge is 0.276 e. The number of rotatable bonds is 5. The van der Waals surface area contributed by atoms with Gasteiger partial charge in [0.2, 0.25) is 0 Å². The topological polar surface area (TPSA) is 56.2 Å². The zero-order chi connectivity index (χ0) is 20.3. The Kier molecular flexibility index (Phi) is 5.54. The molecular weight excluding hydrogens is 350 g/mol. The average molecular weight is 377 g/mol. The van der Waals surface area contributed by atoms with Crippen LogP contribution >= 0.6 is 0 Å². The number of methoxy groups -OCH3 is 1. The van der Waals surface area contributed by atoms with E-state index in [2.05, 4.69) is 31.2 Å². The molecule has 5 heteroatoms. The first-order chi connectivity index (χ1) is 13.3. The molecule has 0 saturated carbocycles. The van der Waals surface area contributed by atoms with Crippen molar-refractivity contribution >= 4 is 11.6 Å². The van der Waals surface area contributed by atoms with Gasteiger partial charge < -0.3 is 10.1 Å². The van der Waals surface area contributed by atoms with E-state index in [0.717, 1.165) is 22.7 Å². The third kappa shape index (κ3) is 4.60. The van der Waals surface area contributed by atoms with Gasteiger partial charge >= 0.3 is 0 Å². The summed E-state index contributed by atoms with van der Waals surface area (Å²) in [4.78, 5) is 12.6. The Hall–Kier alpha value is -3.08. The van der Waals surface area contributed by atoms with Gasteiger partial charge in [0.15, 0.2) is 5.69 Å². The number of amides is 1. The van der Waals surface area contributed by atoms with Crippen molar-refractivity contribution < 1.29 is 9.53 Å². The molecule has 1 heterocycles. The molecule has 0 aliphatic rings. The Labute approximate surface area is 166 Å². The number of hydrogen-bond acceptors (Lipinski definition) is 3. The number of anilines is 1. The average Bonchev–Trinajstić information content (AvgIpc) is 3.03. The van der Waals surface area contributed by atoms with E-state index in [9.17, 15) is 4.79 Å². The molecule has 0 unspecified atom stereocenters. The number of benzene rings is 2. The Morgan fingerprint density at radius 2 is 1.71 bits per heavy atom. The van der Waals surface area contributed by atoms with E-state index < -0.39 is 0 Å². The molecule has 146 valence electrons. The number of aryl methyl sites for hydroxylation is 1. The van der Waals surface area contributed by atoms with Crippen LogP contribution in [0.15, 0.2) is 54.6 Å². The third-order valence-electron chi connectivity index (χ3n) is 4.71. The van der Waals surface area contributed by atoms with Gasteiger partial charge in [-0.05, 0) is 53.8 Å². The zero-order valence-corrected chi connectivity index (χ0v) is 17.1. The first kappa shape index (κ1) is 19.7. The summed E-state index contributed by atoms with van der Waals surface area (Å²) in [5.41, 5.74) is 4.51. The maximum absolute atomic E-state index is 12.6. The van der Waals surface area contributed by atoms with Gasteiger partial charge in [-0.1, -0.05) is 45.0 Å². The molecule has 0 fully saturated rings. The molecule has 28 heavy (non-hydrogen) atoms. The summed E-state index contributed by atoms with van der Waals surface area (Å²) in [6.07, 6.45) is 0. The largest absolute Gasteiger partial charge is 0.497 e. The van der Waals surface area contributed by atoms with Gasteiger partial charge in [0.1, 0.15) is 5.75 Å². The Balaban J connectivity index is 1.70. The van der Waals surface area contributed by atoms with Crippen LogP contribution < -0.4 is 10.1 Å². The minimum absolute atomic E-state index is 0.0832. The van der Waals surface area contributed by atoms with Crippen LogP contribution in [0.5, 0.6) is 5.75 Å². The second-order valence-corrected chi connectivity index (χ2v) is 7.96. The summed E-state index contributed by atoms with van der Waals surface area (Å²) in [5, 5.41) is 7.40. The fraction of sp³-hybridized carbons (Fsp3) is 0.304. The molecule has 0 aliphatic heterocycles. The molecule has 0 aliphatic carbocycles. The summed E-state index contributed by atoms with van der Waals surface area (Å²) in [6, 6.07) is 17.6. The lowest BCUT2D eigenvalue weighted by molar-refractivity contribution is 0.102. The standard InChI is InChI=1S/C23H27N3O2/c1-16-14-21(25-26(16)15-17-6-12-20(28-5)13-7-17)22(27)24-19-10-8-18(9-11-19)23(2,3)4/h6-14H,15H2,1-5H3,(H,24,27). The highest BCUT2D eigenvalue weighted by atomic mass is 16.5. The molecule has 1 N–H and O–H groups in total. The van der Waals surface area contributed by atoms with Crippen LogP contribution in [0, 0.1) is 6.92 Å². The number of hydrogen-bond donors (Lipinski definition) is 1. The van der Waals surface area contributed by atoms with Crippen molar-refractivity contribution in [2.75, 3.05) is 12.4 Å². The van der Waals surface area contributed by atoms with Gasteiger partial charge in [-0.25, -0.2) is 0 Å². The normalized spacial score (nSPS) is 11.3. The molecule has 1 aromatic heterocycles. The molecule has 2 aromatic carbocycles. The van der Waals surface area contributed by atoms with E-state index in [0.29, 0.717) is 12.2 Å². The van der Waals surface area contributed by atoms with Gasteiger partial charge in [0, 0.05) is 11.4 Å². The van der Waals surface area contributed by atoms with Crippen molar-refractivity contribution in [3.8, 4) is 5.75 Å². The summed E-state index contributed by atoms with van der Waals surface area (Å²) < 4.78 is 7.02. The molecule has 0 saturated heterocycles. The highest BCUT2D eigenvalue weighted by Crippen LogP contribution is 2.23. The third-order valence-corrected chi connectivity index (χ3v) is 4.71.